The number of aliphatic imine (C=N–C) groups is 1. The van der Waals surface area contributed by atoms with Crippen molar-refractivity contribution in [2.45, 2.75) is 33.1 Å². The first-order valence-corrected chi connectivity index (χ1v) is 13.1. The fourth-order valence-electron chi connectivity index (χ4n) is 2.32. The van der Waals surface area contributed by atoms with Gasteiger partial charge in [-0.05, 0) is 40.4 Å². The summed E-state index contributed by atoms with van der Waals surface area (Å²) in [5, 5.41) is 12.6. The molecule has 1 N–H and O–H groups in total. The number of halogens is 2. The van der Waals surface area contributed by atoms with Crippen LogP contribution >= 0.6 is 27.2 Å². The Kier molecular flexibility index (Phi) is 9.71. The maximum atomic E-state index is 10.4. The Morgan fingerprint density at radius 3 is 2.28 bits per heavy atom. The monoisotopic (exact) mass is 431 g/mol. The number of hydrogen-bond donors (Lipinski definition) is 1. The van der Waals surface area contributed by atoms with Gasteiger partial charge in [0.2, 0.25) is 0 Å². The van der Waals surface area contributed by atoms with E-state index in [-0.39, 0.29) is 5.41 Å². The van der Waals surface area contributed by atoms with E-state index in [0.29, 0.717) is 14.3 Å². The van der Waals surface area contributed by atoms with Crippen LogP contribution < -0.4 is 10.6 Å². The van der Waals surface area contributed by atoms with E-state index in [1.54, 1.807) is 7.05 Å². The number of hydrogen-bond acceptors (Lipinski definition) is 2. The molecule has 0 aliphatic carbocycles. The first kappa shape index (κ1) is 22.7. The zero-order valence-corrected chi connectivity index (χ0v) is 19.3. The Morgan fingerprint density at radius 2 is 1.72 bits per heavy atom. The van der Waals surface area contributed by atoms with E-state index in [1.165, 1.54) is 10.9 Å². The van der Waals surface area contributed by atoms with Gasteiger partial charge in [0, 0.05) is 18.6 Å². The molecule has 0 bridgehead atoms. The van der Waals surface area contributed by atoms with Crippen LogP contribution in [0.3, 0.4) is 0 Å². The minimum atomic E-state index is -0.556. The van der Waals surface area contributed by atoms with Crippen LogP contribution in [-0.2, 0) is 22.4 Å². The molecule has 0 heterocycles. The van der Waals surface area contributed by atoms with Gasteiger partial charge in [-0.1, -0.05) is 59.7 Å². The van der Waals surface area contributed by atoms with Gasteiger partial charge in [-0.2, -0.15) is 0 Å². The van der Waals surface area contributed by atoms with Crippen LogP contribution in [0, 0.1) is 6.92 Å². The van der Waals surface area contributed by atoms with Crippen LogP contribution in [0.25, 0.3) is 0 Å². The van der Waals surface area contributed by atoms with Gasteiger partial charge in [0.1, 0.15) is 5.75 Å². The second kappa shape index (κ2) is 10.7. The van der Waals surface area contributed by atoms with E-state index in [2.05, 4.69) is 50.0 Å². The number of phenolic OH excluding ortho intramolecular Hbond substituents is 1. The van der Waals surface area contributed by atoms with Gasteiger partial charge in [-0.3, -0.25) is 4.99 Å². The van der Waals surface area contributed by atoms with Crippen LogP contribution in [0.1, 0.15) is 37.5 Å². The predicted octanol–water partition coefficient (Wildman–Crippen LogP) is 5.05. The SMILES string of the molecule is CN=Cc1ccccc1Pc1cc(C(C)(C)C)cc(C)c1O.[Cl][Ti][Cl]. The second-order valence-corrected chi connectivity index (χ2v) is 10.5. The summed E-state index contributed by atoms with van der Waals surface area (Å²) in [4.78, 5) is 4.12. The molecule has 0 aliphatic rings. The van der Waals surface area contributed by atoms with Gasteiger partial charge in [-0.15, -0.1) is 0 Å². The van der Waals surface area contributed by atoms with E-state index >= 15 is 0 Å². The summed E-state index contributed by atoms with van der Waals surface area (Å²) in [7, 11) is 12.0. The predicted molar refractivity (Wildman–Crippen MR) is 111 cm³/mol. The van der Waals surface area contributed by atoms with Crippen LogP contribution in [0.5, 0.6) is 5.75 Å². The zero-order chi connectivity index (χ0) is 19.0. The molecule has 0 fully saturated rings. The van der Waals surface area contributed by atoms with Gasteiger partial charge in [0.15, 0.2) is 0 Å². The Bertz CT molecular complexity index is 730. The van der Waals surface area contributed by atoms with Crippen molar-refractivity contribution in [2.24, 2.45) is 4.99 Å². The second-order valence-electron chi connectivity index (χ2n) is 6.61. The van der Waals surface area contributed by atoms with Crippen molar-refractivity contribution >= 4 is 44.0 Å². The minimum absolute atomic E-state index is 0.0715. The van der Waals surface area contributed by atoms with Crippen LogP contribution in [0.2, 0.25) is 0 Å². The molecule has 0 amide bonds. The van der Waals surface area contributed by atoms with Gasteiger partial charge in [0.25, 0.3) is 0 Å². The van der Waals surface area contributed by atoms with Crippen molar-refractivity contribution in [1.82, 2.24) is 0 Å². The number of nitrogens with zero attached hydrogens (tertiary/aromatic N) is 1. The molecule has 2 nitrogen and oxygen atoms in total. The summed E-state index contributed by atoms with van der Waals surface area (Å²) >= 11 is -0.556. The molecular weight excluding hydrogens is 408 g/mol. The number of benzene rings is 2. The van der Waals surface area contributed by atoms with Gasteiger partial charge < -0.3 is 5.11 Å². The molecule has 0 saturated heterocycles. The van der Waals surface area contributed by atoms with Crippen molar-refractivity contribution in [2.75, 3.05) is 7.05 Å². The molecule has 0 aromatic heterocycles. The van der Waals surface area contributed by atoms with Crippen molar-refractivity contribution in [1.29, 1.82) is 0 Å². The molecule has 134 valence electrons. The first-order chi connectivity index (χ1) is 11.7. The Balaban J connectivity index is 0.000000970. The summed E-state index contributed by atoms with van der Waals surface area (Å²) in [5.74, 6) is 0.412. The number of aromatic hydroxyl groups is 1. The molecule has 0 radical (unpaired) electrons. The molecule has 6 heteroatoms. The molecule has 1 atom stereocenters. The first-order valence-electron chi connectivity index (χ1n) is 7.83. The van der Waals surface area contributed by atoms with E-state index < -0.39 is 17.0 Å². The van der Waals surface area contributed by atoms with Crippen molar-refractivity contribution in [3.8, 4) is 5.75 Å². The molecule has 2 aromatic rings. The Hall–Kier alpha value is -0.366. The molecule has 1 unspecified atom stereocenters. The van der Waals surface area contributed by atoms with E-state index in [0.717, 1.165) is 16.4 Å². The van der Waals surface area contributed by atoms with Gasteiger partial charge in [-0.25, -0.2) is 0 Å². The van der Waals surface area contributed by atoms with Crippen molar-refractivity contribution in [3.63, 3.8) is 0 Å². The number of rotatable bonds is 3. The third kappa shape index (κ3) is 7.04. The summed E-state index contributed by atoms with van der Waals surface area (Å²) in [6, 6.07) is 12.4. The van der Waals surface area contributed by atoms with Crippen LogP contribution in [-0.4, -0.2) is 18.4 Å². The molecule has 2 aromatic carbocycles. The van der Waals surface area contributed by atoms with E-state index in [1.807, 2.05) is 25.3 Å². The maximum absolute atomic E-state index is 10.4. The average molecular weight is 432 g/mol. The number of phenols is 1. The normalized spacial score (nSPS) is 11.6. The third-order valence-electron chi connectivity index (χ3n) is 3.66. The van der Waals surface area contributed by atoms with Crippen molar-refractivity contribution < 1.29 is 22.1 Å². The summed E-state index contributed by atoms with van der Waals surface area (Å²) in [5.41, 5.74) is 3.38. The summed E-state index contributed by atoms with van der Waals surface area (Å²) < 4.78 is 0. The zero-order valence-electron chi connectivity index (χ0n) is 15.2. The Labute approximate surface area is 169 Å². The van der Waals surface area contributed by atoms with E-state index in [4.69, 9.17) is 18.6 Å². The van der Waals surface area contributed by atoms with Crippen molar-refractivity contribution in [3.05, 3.63) is 53.1 Å². The quantitative estimate of drug-likeness (QED) is 0.411. The summed E-state index contributed by atoms with van der Waals surface area (Å²) in [6.07, 6.45) is 1.87. The third-order valence-corrected chi connectivity index (χ3v) is 5.04. The van der Waals surface area contributed by atoms with Gasteiger partial charge >= 0.3 is 35.6 Å². The molecule has 0 spiro atoms. The standard InChI is InChI=1S/C19H24NOP.2ClH.Ti/c1-13-10-15(19(2,3)4)11-17(18(13)21)22-16-9-7-6-8-14(16)12-20-5;;;/h6-12,21-22H,1-5H3;2*1H;/q;;;+2/p-2. The molecule has 25 heavy (non-hydrogen) atoms. The number of aryl methyl sites for hydroxylation is 1. The molecule has 0 aliphatic heterocycles. The van der Waals surface area contributed by atoms with E-state index in [9.17, 15) is 5.11 Å². The molecule has 2 rings (SSSR count). The van der Waals surface area contributed by atoms with Crippen LogP contribution in [0.4, 0.5) is 0 Å². The Morgan fingerprint density at radius 1 is 1.12 bits per heavy atom. The average Bonchev–Trinajstić information content (AvgIpc) is 2.53. The fraction of sp³-hybridized carbons (Fsp3) is 0.316. The van der Waals surface area contributed by atoms with Gasteiger partial charge in [0.05, 0.1) is 0 Å². The molecule has 0 saturated carbocycles. The topological polar surface area (TPSA) is 32.6 Å². The summed E-state index contributed by atoms with van der Waals surface area (Å²) in [6.45, 7) is 8.56. The fourth-order valence-corrected chi connectivity index (χ4v) is 3.62. The van der Waals surface area contributed by atoms with Crippen LogP contribution in [0.15, 0.2) is 41.4 Å². The molecular formula is C19H24Cl2NOPTi.